The smallest absolute Gasteiger partial charge is 0.343 e. The number of carbonyl (C=O) groups is 2. The molecular formula is C30H34F2O4. The molecule has 4 nitrogen and oxygen atoms in total. The zero-order valence-electron chi connectivity index (χ0n) is 21.0. The van der Waals surface area contributed by atoms with E-state index in [1.54, 1.807) is 37.3 Å². The molecule has 6 heteroatoms. The number of carbonyl (C=O) groups excluding carboxylic acids is 2. The summed E-state index contributed by atoms with van der Waals surface area (Å²) in [4.78, 5) is 24.8. The highest BCUT2D eigenvalue weighted by atomic mass is 19.2. The largest absolute Gasteiger partial charge is 0.462 e. The minimum atomic E-state index is -1.81. The van der Waals surface area contributed by atoms with Crippen molar-refractivity contribution in [2.75, 3.05) is 13.3 Å². The number of fused-ring (bicyclic) bond motifs is 1. The lowest BCUT2D eigenvalue weighted by atomic mass is 9.98. The number of hydrogen-bond acceptors (Lipinski definition) is 4. The lowest BCUT2D eigenvalue weighted by Gasteiger charge is -2.13. The molecule has 0 N–H and O–H groups in total. The van der Waals surface area contributed by atoms with Crippen LogP contribution in [0.1, 0.15) is 73.4 Å². The monoisotopic (exact) mass is 496 g/mol. The molecule has 3 aromatic rings. The van der Waals surface area contributed by atoms with Crippen molar-refractivity contribution in [3.05, 3.63) is 77.4 Å². The molecule has 0 unspecified atom stereocenters. The van der Waals surface area contributed by atoms with E-state index in [1.807, 2.05) is 30.3 Å². The molecule has 0 heterocycles. The van der Waals surface area contributed by atoms with Crippen molar-refractivity contribution in [1.29, 1.82) is 0 Å². The van der Waals surface area contributed by atoms with Gasteiger partial charge in [0, 0.05) is 0 Å². The average Bonchev–Trinajstić information content (AvgIpc) is 2.90. The van der Waals surface area contributed by atoms with E-state index in [-0.39, 0.29) is 0 Å². The third kappa shape index (κ3) is 7.87. The van der Waals surface area contributed by atoms with E-state index in [4.69, 9.17) is 9.47 Å². The second-order valence-corrected chi connectivity index (χ2v) is 9.12. The fourth-order valence-electron chi connectivity index (χ4n) is 3.96. The molecule has 0 bridgehead atoms. The van der Waals surface area contributed by atoms with E-state index in [0.717, 1.165) is 23.6 Å². The van der Waals surface area contributed by atoms with Gasteiger partial charge in [0.05, 0.1) is 11.5 Å². The summed E-state index contributed by atoms with van der Waals surface area (Å²) in [6.45, 7) is 2.08. The molecule has 0 spiro atoms. The molecule has 0 aliphatic rings. The Bertz CT molecular complexity index is 1140. The van der Waals surface area contributed by atoms with Crippen molar-refractivity contribution in [1.82, 2.24) is 0 Å². The van der Waals surface area contributed by atoms with Gasteiger partial charge >= 0.3 is 11.9 Å². The maximum atomic E-state index is 13.0. The van der Waals surface area contributed by atoms with Crippen molar-refractivity contribution < 1.29 is 27.8 Å². The van der Waals surface area contributed by atoms with Crippen molar-refractivity contribution in [3.8, 4) is 5.75 Å². The van der Waals surface area contributed by atoms with Crippen molar-refractivity contribution >= 4 is 22.7 Å². The van der Waals surface area contributed by atoms with Gasteiger partial charge in [-0.05, 0) is 65.9 Å². The first-order valence-electron chi connectivity index (χ1n) is 12.6. The predicted molar refractivity (Wildman–Crippen MR) is 138 cm³/mol. The molecule has 2 atom stereocenters. The number of unbranched alkanes of at least 4 members (excludes halogenated alkanes) is 4. The number of halogens is 2. The van der Waals surface area contributed by atoms with Gasteiger partial charge in [-0.2, -0.15) is 0 Å². The molecule has 0 radical (unpaired) electrons. The van der Waals surface area contributed by atoms with Gasteiger partial charge < -0.3 is 9.47 Å². The molecule has 0 amide bonds. The number of rotatable bonds is 13. The van der Waals surface area contributed by atoms with Crippen molar-refractivity contribution in [2.45, 2.75) is 64.5 Å². The van der Waals surface area contributed by atoms with Crippen LogP contribution in [0.3, 0.4) is 0 Å². The number of esters is 2. The molecule has 36 heavy (non-hydrogen) atoms. The van der Waals surface area contributed by atoms with Gasteiger partial charge in [0.25, 0.3) is 0 Å². The Morgan fingerprint density at radius 2 is 1.58 bits per heavy atom. The van der Waals surface area contributed by atoms with Gasteiger partial charge in [0.15, 0.2) is 6.17 Å². The summed E-state index contributed by atoms with van der Waals surface area (Å²) in [5, 5.41) is 1.69. The van der Waals surface area contributed by atoms with E-state index >= 15 is 0 Å². The molecule has 0 saturated heterocycles. The molecule has 0 aliphatic heterocycles. The first kappa shape index (κ1) is 27.3. The number of hydrogen-bond donors (Lipinski definition) is 0. The lowest BCUT2D eigenvalue weighted by Crippen LogP contribution is -2.20. The molecule has 3 aromatic carbocycles. The highest BCUT2D eigenvalue weighted by Crippen LogP contribution is 2.26. The fourth-order valence-corrected chi connectivity index (χ4v) is 3.96. The van der Waals surface area contributed by atoms with Crippen LogP contribution in [0, 0.1) is 0 Å². The van der Waals surface area contributed by atoms with Crippen LogP contribution in [0.4, 0.5) is 8.78 Å². The molecule has 3 rings (SSSR count). The first-order valence-corrected chi connectivity index (χ1v) is 12.6. The molecule has 0 aromatic heterocycles. The van der Waals surface area contributed by atoms with Gasteiger partial charge in [-0.3, -0.25) is 4.79 Å². The van der Waals surface area contributed by atoms with E-state index < -0.39 is 37.3 Å². The number of benzene rings is 3. The maximum Gasteiger partial charge on any atom is 0.343 e. The summed E-state index contributed by atoms with van der Waals surface area (Å²) in [5.74, 6) is -1.24. The lowest BCUT2D eigenvalue weighted by molar-refractivity contribution is -0.146. The maximum absolute atomic E-state index is 13.0. The summed E-state index contributed by atoms with van der Waals surface area (Å²) in [5.41, 5.74) is 2.41. The quantitative estimate of drug-likeness (QED) is 0.139. The minimum Gasteiger partial charge on any atom is -0.462 e. The van der Waals surface area contributed by atoms with Crippen molar-refractivity contribution in [2.24, 2.45) is 0 Å². The van der Waals surface area contributed by atoms with Crippen LogP contribution in [0.2, 0.25) is 0 Å². The van der Waals surface area contributed by atoms with E-state index in [1.165, 1.54) is 31.2 Å². The number of ether oxygens (including phenoxy) is 2. The molecule has 0 fully saturated rings. The van der Waals surface area contributed by atoms with Gasteiger partial charge in [0.2, 0.25) is 0 Å². The predicted octanol–water partition coefficient (Wildman–Crippen LogP) is 7.53. The topological polar surface area (TPSA) is 52.6 Å². The molecular weight excluding hydrogens is 462 g/mol. The SMILES string of the molecule is CCCCCCCc1ccc(C(=O)Oc2ccc3cc([C@H](C)C(=O)OC[C@@H](F)CF)ccc3c2)cc1. The van der Waals surface area contributed by atoms with Gasteiger partial charge in [0.1, 0.15) is 19.0 Å². The van der Waals surface area contributed by atoms with E-state index in [2.05, 4.69) is 6.92 Å². The summed E-state index contributed by atoms with van der Waals surface area (Å²) in [6.07, 6.45) is 5.36. The van der Waals surface area contributed by atoms with Gasteiger partial charge in [-0.25, -0.2) is 13.6 Å². The van der Waals surface area contributed by atoms with Crippen LogP contribution in [0.15, 0.2) is 60.7 Å². The Labute approximate surface area is 211 Å². The highest BCUT2D eigenvalue weighted by molar-refractivity contribution is 5.92. The number of aryl methyl sites for hydroxylation is 1. The Morgan fingerprint density at radius 3 is 2.31 bits per heavy atom. The standard InChI is InChI=1S/C30H34F2O4/c1-3-4-5-6-7-8-22-9-11-23(12-10-22)30(34)36-28-16-15-25-17-24(13-14-26(25)18-28)21(2)29(33)35-20-27(32)19-31/h9-18,21,27H,3-8,19-20H2,1-2H3/t21-,27-/m0/s1. The van der Waals surface area contributed by atoms with Crippen LogP contribution < -0.4 is 4.74 Å². The highest BCUT2D eigenvalue weighted by Gasteiger charge is 2.19. The van der Waals surface area contributed by atoms with Gasteiger partial charge in [-0.1, -0.05) is 69.0 Å². The summed E-state index contributed by atoms with van der Waals surface area (Å²) < 4.78 is 35.7. The average molecular weight is 497 g/mol. The fraction of sp³-hybridized carbons (Fsp3) is 0.400. The third-order valence-electron chi connectivity index (χ3n) is 6.23. The summed E-state index contributed by atoms with van der Waals surface area (Å²) in [6, 6.07) is 18.3. The van der Waals surface area contributed by atoms with Crippen LogP contribution in [0.25, 0.3) is 10.8 Å². The van der Waals surface area contributed by atoms with E-state index in [0.29, 0.717) is 16.9 Å². The van der Waals surface area contributed by atoms with Crippen LogP contribution in [-0.2, 0) is 16.0 Å². The Hall–Kier alpha value is -3.28. The third-order valence-corrected chi connectivity index (χ3v) is 6.23. The molecule has 0 saturated carbocycles. The zero-order valence-corrected chi connectivity index (χ0v) is 21.0. The van der Waals surface area contributed by atoms with Crippen LogP contribution in [0.5, 0.6) is 5.75 Å². The van der Waals surface area contributed by atoms with Crippen molar-refractivity contribution in [3.63, 3.8) is 0 Å². The van der Waals surface area contributed by atoms with Crippen LogP contribution >= 0.6 is 0 Å². The zero-order chi connectivity index (χ0) is 25.9. The van der Waals surface area contributed by atoms with E-state index in [9.17, 15) is 18.4 Å². The Balaban J connectivity index is 1.58. The normalized spacial score (nSPS) is 12.8. The Morgan fingerprint density at radius 1 is 0.889 bits per heavy atom. The number of alkyl halides is 2. The summed E-state index contributed by atoms with van der Waals surface area (Å²) >= 11 is 0. The summed E-state index contributed by atoms with van der Waals surface area (Å²) in [7, 11) is 0. The van der Waals surface area contributed by atoms with Gasteiger partial charge in [-0.15, -0.1) is 0 Å². The minimum absolute atomic E-state index is 0.420. The second kappa shape index (κ2) is 13.7. The van der Waals surface area contributed by atoms with Crippen LogP contribution in [-0.4, -0.2) is 31.4 Å². The Kier molecular flexibility index (Phi) is 10.4. The first-order chi connectivity index (χ1) is 17.4. The molecule has 0 aliphatic carbocycles. The molecule has 192 valence electrons. The second-order valence-electron chi connectivity index (χ2n) is 9.12.